The third-order valence-corrected chi connectivity index (χ3v) is 5.83. The normalized spacial score (nSPS) is 36.8. The van der Waals surface area contributed by atoms with E-state index in [4.69, 9.17) is 23.1 Å². The minimum absolute atomic E-state index is 0.0321. The van der Waals surface area contributed by atoms with E-state index in [-0.39, 0.29) is 12.8 Å². The maximum Gasteiger partial charge on any atom is 0.324 e. The van der Waals surface area contributed by atoms with E-state index in [1.54, 1.807) is 24.3 Å². The molecule has 5 unspecified atom stereocenters. The Morgan fingerprint density at radius 2 is 1.96 bits per heavy atom. The number of nitrogens with two attached hydrogens (primary N) is 2. The van der Waals surface area contributed by atoms with Crippen LogP contribution >= 0.6 is 11.6 Å². The van der Waals surface area contributed by atoms with Crippen LogP contribution in [0.3, 0.4) is 0 Å². The van der Waals surface area contributed by atoms with Crippen molar-refractivity contribution in [2.24, 2.45) is 28.7 Å². The van der Waals surface area contributed by atoms with Crippen LogP contribution in [0.1, 0.15) is 24.3 Å². The van der Waals surface area contributed by atoms with Crippen molar-refractivity contribution in [3.8, 4) is 0 Å². The molecule has 0 aliphatic heterocycles. The molecule has 1 amide bonds. The second-order valence-corrected chi connectivity index (χ2v) is 7.10. The molecule has 7 nitrogen and oxygen atoms in total. The largest absolute Gasteiger partial charge is 0.481 e. The van der Waals surface area contributed by atoms with E-state index in [9.17, 15) is 24.6 Å². The zero-order valence-electron chi connectivity index (χ0n) is 12.6. The van der Waals surface area contributed by atoms with Gasteiger partial charge in [0, 0.05) is 16.9 Å². The second-order valence-electron chi connectivity index (χ2n) is 6.67. The predicted molar refractivity (Wildman–Crippen MR) is 84.2 cm³/mol. The molecule has 0 aromatic heterocycles. The van der Waals surface area contributed by atoms with Gasteiger partial charge in [0.15, 0.2) is 0 Å². The zero-order valence-corrected chi connectivity index (χ0v) is 13.4. The Labute approximate surface area is 142 Å². The Balaban J connectivity index is 2.12. The molecule has 0 bridgehead atoms. The van der Waals surface area contributed by atoms with E-state index in [1.165, 1.54) is 0 Å². The summed E-state index contributed by atoms with van der Waals surface area (Å²) >= 11 is 6.00. The summed E-state index contributed by atoms with van der Waals surface area (Å²) in [4.78, 5) is 35.1. The Morgan fingerprint density at radius 1 is 1.29 bits per heavy atom. The van der Waals surface area contributed by atoms with Crippen molar-refractivity contribution in [1.29, 1.82) is 0 Å². The topological polar surface area (TPSA) is 144 Å². The fraction of sp³-hybridized carbons (Fsp3) is 0.438. The van der Waals surface area contributed by atoms with Crippen LogP contribution in [0.25, 0.3) is 0 Å². The number of carbonyl (C=O) groups excluding carboxylic acids is 1. The molecule has 2 fully saturated rings. The quantitative estimate of drug-likeness (QED) is 0.617. The van der Waals surface area contributed by atoms with Crippen molar-refractivity contribution in [3.63, 3.8) is 0 Å². The molecular formula is C16H17ClN2O5. The van der Waals surface area contributed by atoms with Gasteiger partial charge in [0.05, 0.1) is 5.92 Å². The van der Waals surface area contributed by atoms with Gasteiger partial charge in [0.2, 0.25) is 5.91 Å². The molecule has 5 atom stereocenters. The van der Waals surface area contributed by atoms with Crippen LogP contribution in [-0.2, 0) is 14.4 Å². The first-order chi connectivity index (χ1) is 11.1. The lowest BCUT2D eigenvalue weighted by Gasteiger charge is -2.31. The smallest absolute Gasteiger partial charge is 0.324 e. The molecule has 8 heteroatoms. The number of fused-ring (bicyclic) bond motifs is 1. The summed E-state index contributed by atoms with van der Waals surface area (Å²) in [6.07, 6.45) is -0.334. The average Bonchev–Trinajstić information content (AvgIpc) is 3.06. The highest BCUT2D eigenvalue weighted by Gasteiger charge is 2.84. The number of hydrogen-bond acceptors (Lipinski definition) is 4. The number of halogens is 1. The van der Waals surface area contributed by atoms with Gasteiger partial charge in [-0.2, -0.15) is 0 Å². The number of carboxylic acid groups (broad SMARTS) is 2. The summed E-state index contributed by atoms with van der Waals surface area (Å²) in [6.45, 7) is 0. The molecular weight excluding hydrogens is 336 g/mol. The molecule has 1 aromatic rings. The highest BCUT2D eigenvalue weighted by atomic mass is 35.5. The van der Waals surface area contributed by atoms with Gasteiger partial charge in [0.25, 0.3) is 0 Å². The lowest BCUT2D eigenvalue weighted by Crippen LogP contribution is -2.56. The lowest BCUT2D eigenvalue weighted by atomic mass is 9.76. The first-order valence-corrected chi connectivity index (χ1v) is 7.82. The Kier molecular flexibility index (Phi) is 3.62. The molecule has 0 radical (unpaired) electrons. The SMILES string of the molecule is NC(=O)CC12C(C(=O)O)C1C(c1cccc(Cl)c1)CC2(N)C(=O)O. The summed E-state index contributed by atoms with van der Waals surface area (Å²) in [5, 5.41) is 19.7. The number of amides is 1. The Morgan fingerprint density at radius 3 is 2.46 bits per heavy atom. The number of hydrogen-bond donors (Lipinski definition) is 4. The maximum atomic E-state index is 11.9. The van der Waals surface area contributed by atoms with Crippen molar-refractivity contribution in [1.82, 2.24) is 0 Å². The van der Waals surface area contributed by atoms with Crippen LogP contribution < -0.4 is 11.5 Å². The fourth-order valence-electron chi connectivity index (χ4n) is 4.70. The summed E-state index contributed by atoms with van der Waals surface area (Å²) in [5.74, 6) is -5.24. The molecule has 2 aliphatic carbocycles. The van der Waals surface area contributed by atoms with Gasteiger partial charge in [-0.25, -0.2) is 0 Å². The number of carbonyl (C=O) groups is 3. The number of aliphatic carboxylic acids is 2. The predicted octanol–water partition coefficient (Wildman–Crippen LogP) is 0.802. The fourth-order valence-corrected chi connectivity index (χ4v) is 4.89. The first kappa shape index (κ1) is 16.7. The van der Waals surface area contributed by atoms with E-state index < -0.39 is 46.6 Å². The molecule has 0 heterocycles. The van der Waals surface area contributed by atoms with E-state index in [1.807, 2.05) is 0 Å². The summed E-state index contributed by atoms with van der Waals surface area (Å²) in [5.41, 5.74) is 8.95. The van der Waals surface area contributed by atoms with Gasteiger partial charge in [-0.05, 0) is 36.0 Å². The van der Waals surface area contributed by atoms with E-state index in [0.29, 0.717) is 5.02 Å². The first-order valence-electron chi connectivity index (χ1n) is 7.44. The number of carboxylic acids is 2. The van der Waals surface area contributed by atoms with Gasteiger partial charge in [-0.15, -0.1) is 0 Å². The van der Waals surface area contributed by atoms with Crippen molar-refractivity contribution < 1.29 is 24.6 Å². The van der Waals surface area contributed by atoms with Gasteiger partial charge in [-0.1, -0.05) is 23.7 Å². The molecule has 2 saturated carbocycles. The lowest BCUT2D eigenvalue weighted by molar-refractivity contribution is -0.148. The van der Waals surface area contributed by atoms with Crippen LogP contribution in [0.5, 0.6) is 0 Å². The van der Waals surface area contributed by atoms with Crippen LogP contribution in [0.2, 0.25) is 5.02 Å². The molecule has 6 N–H and O–H groups in total. The number of rotatable bonds is 5. The van der Waals surface area contributed by atoms with Gasteiger partial charge < -0.3 is 21.7 Å². The van der Waals surface area contributed by atoms with Crippen LogP contribution in [0.4, 0.5) is 0 Å². The van der Waals surface area contributed by atoms with E-state index >= 15 is 0 Å². The standard InChI is InChI=1S/C16H17ClN2O5/c17-8-3-1-2-7(4-8)9-5-16(19,14(23)24)15(6-10(18)20)11(9)12(15)13(21)22/h1-4,9,11-12H,5-6,19H2,(H2,18,20)(H,21,22)(H,23,24). The monoisotopic (exact) mass is 352 g/mol. The van der Waals surface area contributed by atoms with Crippen LogP contribution in [-0.4, -0.2) is 33.6 Å². The minimum Gasteiger partial charge on any atom is -0.481 e. The maximum absolute atomic E-state index is 11.9. The van der Waals surface area contributed by atoms with Crippen molar-refractivity contribution >= 4 is 29.4 Å². The van der Waals surface area contributed by atoms with Gasteiger partial charge in [0.1, 0.15) is 5.54 Å². The van der Waals surface area contributed by atoms with Gasteiger partial charge in [-0.3, -0.25) is 14.4 Å². The van der Waals surface area contributed by atoms with E-state index in [0.717, 1.165) is 5.56 Å². The molecule has 24 heavy (non-hydrogen) atoms. The molecule has 128 valence electrons. The van der Waals surface area contributed by atoms with Crippen molar-refractivity contribution in [3.05, 3.63) is 34.9 Å². The van der Waals surface area contributed by atoms with E-state index in [2.05, 4.69) is 0 Å². The number of benzene rings is 1. The number of primary amides is 1. The second kappa shape index (κ2) is 5.19. The third kappa shape index (κ3) is 2.04. The Hall–Kier alpha value is -2.12. The zero-order chi connectivity index (χ0) is 17.9. The molecule has 1 aromatic carbocycles. The highest BCUT2D eigenvalue weighted by molar-refractivity contribution is 6.30. The van der Waals surface area contributed by atoms with Crippen molar-refractivity contribution in [2.75, 3.05) is 0 Å². The van der Waals surface area contributed by atoms with Crippen LogP contribution in [0.15, 0.2) is 24.3 Å². The van der Waals surface area contributed by atoms with Gasteiger partial charge >= 0.3 is 11.9 Å². The third-order valence-electron chi connectivity index (χ3n) is 5.60. The summed E-state index contributed by atoms with van der Waals surface area (Å²) in [7, 11) is 0. The molecule has 0 spiro atoms. The summed E-state index contributed by atoms with van der Waals surface area (Å²) in [6, 6.07) is 6.82. The molecule has 3 rings (SSSR count). The minimum atomic E-state index is -1.83. The Bertz CT molecular complexity index is 754. The van der Waals surface area contributed by atoms with Crippen molar-refractivity contribution in [2.45, 2.75) is 24.3 Å². The van der Waals surface area contributed by atoms with Crippen LogP contribution in [0, 0.1) is 17.3 Å². The average molecular weight is 353 g/mol. The molecule has 0 saturated heterocycles. The molecule has 2 aliphatic rings. The highest BCUT2D eigenvalue weighted by Crippen LogP contribution is 2.77. The summed E-state index contributed by atoms with van der Waals surface area (Å²) < 4.78 is 0.